The normalized spacial score (nSPS) is 15.3. The summed E-state index contributed by atoms with van der Waals surface area (Å²) in [6, 6.07) is 3.80. The molecule has 50 valence electrons. The minimum atomic E-state index is 0.0972. The first kappa shape index (κ1) is 5.47. The lowest BCUT2D eigenvalue weighted by Crippen LogP contribution is -2.04. The van der Waals surface area contributed by atoms with E-state index < -0.39 is 0 Å². The monoisotopic (exact) mass is 133 g/mol. The molecule has 1 aliphatic heterocycles. The van der Waals surface area contributed by atoms with Crippen molar-refractivity contribution in [1.82, 2.24) is 4.57 Å². The molecule has 2 heteroatoms. The molecule has 0 amide bonds. The third-order valence-electron chi connectivity index (χ3n) is 1.70. The Labute approximate surface area is 58.8 Å². The summed E-state index contributed by atoms with van der Waals surface area (Å²) in [6.07, 6.45) is 3.67. The van der Waals surface area contributed by atoms with Crippen LogP contribution in [0, 0.1) is 0 Å². The van der Waals surface area contributed by atoms with E-state index >= 15 is 0 Å². The maximum atomic E-state index is 11.2. The van der Waals surface area contributed by atoms with Crippen molar-refractivity contribution in [3.05, 3.63) is 29.6 Å². The maximum absolute atomic E-state index is 11.2. The molecule has 2 nitrogen and oxygen atoms in total. The van der Waals surface area contributed by atoms with Gasteiger partial charge in [-0.25, -0.2) is 0 Å². The lowest BCUT2D eigenvalue weighted by atomic mass is 10.3. The fourth-order valence-electron chi connectivity index (χ4n) is 1.17. The van der Waals surface area contributed by atoms with Gasteiger partial charge in [-0.2, -0.15) is 0 Å². The standard InChI is InChI=1S/C8H7NO/c1-6-5-7-3-2-4-9(7)8(6)10/h2-5H,1H3. The average Bonchev–Trinajstić information content (AvgIpc) is 2.41. The summed E-state index contributed by atoms with van der Waals surface area (Å²) in [5, 5.41) is 0. The van der Waals surface area contributed by atoms with E-state index in [2.05, 4.69) is 0 Å². The second-order valence-corrected chi connectivity index (χ2v) is 2.44. The van der Waals surface area contributed by atoms with Crippen LogP contribution in [0.3, 0.4) is 0 Å². The van der Waals surface area contributed by atoms with Crippen molar-refractivity contribution in [3.63, 3.8) is 0 Å². The van der Waals surface area contributed by atoms with Gasteiger partial charge < -0.3 is 0 Å². The molecule has 0 saturated carbocycles. The van der Waals surface area contributed by atoms with Crippen molar-refractivity contribution in [2.45, 2.75) is 6.92 Å². The molecule has 0 N–H and O–H groups in total. The highest BCUT2D eigenvalue weighted by molar-refractivity contribution is 6.04. The molecule has 1 aromatic rings. The number of aromatic nitrogens is 1. The Hall–Kier alpha value is -1.31. The van der Waals surface area contributed by atoms with Gasteiger partial charge in [0, 0.05) is 17.5 Å². The quantitative estimate of drug-likeness (QED) is 0.526. The van der Waals surface area contributed by atoms with E-state index in [-0.39, 0.29) is 5.91 Å². The van der Waals surface area contributed by atoms with Crippen LogP contribution in [0.5, 0.6) is 0 Å². The first-order valence-corrected chi connectivity index (χ1v) is 3.19. The summed E-state index contributed by atoms with van der Waals surface area (Å²) < 4.78 is 1.65. The molecule has 0 saturated heterocycles. The Bertz CT molecular complexity index is 320. The zero-order valence-electron chi connectivity index (χ0n) is 5.66. The highest BCUT2D eigenvalue weighted by Gasteiger charge is 2.15. The second kappa shape index (κ2) is 1.59. The van der Waals surface area contributed by atoms with Gasteiger partial charge in [0.1, 0.15) is 0 Å². The van der Waals surface area contributed by atoms with Crippen LogP contribution < -0.4 is 0 Å². The van der Waals surface area contributed by atoms with Gasteiger partial charge in [-0.15, -0.1) is 0 Å². The minimum Gasteiger partial charge on any atom is -0.284 e. The molecule has 0 aliphatic carbocycles. The summed E-state index contributed by atoms with van der Waals surface area (Å²) in [7, 11) is 0. The van der Waals surface area contributed by atoms with Gasteiger partial charge in [-0.05, 0) is 25.1 Å². The van der Waals surface area contributed by atoms with E-state index in [9.17, 15) is 4.79 Å². The lowest BCUT2D eigenvalue weighted by Gasteiger charge is -1.92. The van der Waals surface area contributed by atoms with E-state index in [4.69, 9.17) is 0 Å². The number of nitrogens with zero attached hydrogens (tertiary/aromatic N) is 1. The number of fused-ring (bicyclic) bond motifs is 1. The van der Waals surface area contributed by atoms with Crippen LogP contribution in [0.4, 0.5) is 0 Å². The summed E-state index contributed by atoms with van der Waals surface area (Å²) in [5.74, 6) is 0.0972. The summed E-state index contributed by atoms with van der Waals surface area (Å²) in [6.45, 7) is 1.83. The van der Waals surface area contributed by atoms with E-state index in [0.29, 0.717) is 0 Å². The van der Waals surface area contributed by atoms with Gasteiger partial charge in [-0.1, -0.05) is 0 Å². The van der Waals surface area contributed by atoms with Crippen molar-refractivity contribution in [1.29, 1.82) is 0 Å². The van der Waals surface area contributed by atoms with E-state index in [1.807, 2.05) is 25.1 Å². The molecule has 1 aromatic heterocycles. The molecule has 0 spiro atoms. The minimum absolute atomic E-state index is 0.0972. The van der Waals surface area contributed by atoms with Crippen molar-refractivity contribution >= 4 is 12.0 Å². The molecule has 2 rings (SSSR count). The number of carbonyl (C=O) groups excluding carboxylic acids is 1. The van der Waals surface area contributed by atoms with Gasteiger partial charge in [0.05, 0.1) is 0 Å². The molecule has 0 bridgehead atoms. The number of hydrogen-bond acceptors (Lipinski definition) is 1. The van der Waals surface area contributed by atoms with Crippen LogP contribution in [0.2, 0.25) is 0 Å². The zero-order valence-corrected chi connectivity index (χ0v) is 5.66. The van der Waals surface area contributed by atoms with Crippen LogP contribution in [0.1, 0.15) is 17.4 Å². The van der Waals surface area contributed by atoms with Gasteiger partial charge in [0.25, 0.3) is 5.91 Å². The van der Waals surface area contributed by atoms with Crippen LogP contribution in [-0.2, 0) is 0 Å². The molecular weight excluding hydrogens is 126 g/mol. The zero-order chi connectivity index (χ0) is 7.14. The smallest absolute Gasteiger partial charge is 0.258 e. The fraction of sp³-hybridized carbons (Fsp3) is 0.125. The molecule has 0 unspecified atom stereocenters. The molecular formula is C8H7NO. The number of hydrogen-bond donors (Lipinski definition) is 0. The number of rotatable bonds is 0. The van der Waals surface area contributed by atoms with Crippen LogP contribution in [-0.4, -0.2) is 10.5 Å². The van der Waals surface area contributed by atoms with Crippen LogP contribution in [0.25, 0.3) is 6.08 Å². The molecule has 2 heterocycles. The number of carbonyl (C=O) groups is 1. The highest BCUT2D eigenvalue weighted by atomic mass is 16.2. The van der Waals surface area contributed by atoms with Gasteiger partial charge in [-0.3, -0.25) is 9.36 Å². The Morgan fingerprint density at radius 2 is 2.30 bits per heavy atom. The highest BCUT2D eigenvalue weighted by Crippen LogP contribution is 2.17. The van der Waals surface area contributed by atoms with Crippen molar-refractivity contribution in [2.75, 3.05) is 0 Å². The van der Waals surface area contributed by atoms with Crippen molar-refractivity contribution in [2.24, 2.45) is 0 Å². The summed E-state index contributed by atoms with van der Waals surface area (Å²) in [5.41, 5.74) is 1.80. The Morgan fingerprint density at radius 3 is 3.00 bits per heavy atom. The molecule has 0 radical (unpaired) electrons. The van der Waals surface area contributed by atoms with Crippen LogP contribution >= 0.6 is 0 Å². The molecule has 1 aliphatic rings. The summed E-state index contributed by atoms with van der Waals surface area (Å²) in [4.78, 5) is 11.2. The lowest BCUT2D eigenvalue weighted by molar-refractivity contribution is 0.0962. The van der Waals surface area contributed by atoms with Gasteiger partial charge >= 0.3 is 0 Å². The van der Waals surface area contributed by atoms with Crippen molar-refractivity contribution in [3.8, 4) is 0 Å². The first-order chi connectivity index (χ1) is 4.79. The van der Waals surface area contributed by atoms with Crippen molar-refractivity contribution < 1.29 is 4.79 Å². The molecule has 0 aromatic carbocycles. The van der Waals surface area contributed by atoms with Gasteiger partial charge in [0.2, 0.25) is 0 Å². The Kier molecular flexibility index (Phi) is 0.873. The Balaban J connectivity index is 2.68. The first-order valence-electron chi connectivity index (χ1n) is 3.19. The third kappa shape index (κ3) is 0.506. The second-order valence-electron chi connectivity index (χ2n) is 2.44. The van der Waals surface area contributed by atoms with Crippen LogP contribution in [0.15, 0.2) is 23.9 Å². The van der Waals surface area contributed by atoms with E-state index in [0.717, 1.165) is 11.3 Å². The largest absolute Gasteiger partial charge is 0.284 e. The van der Waals surface area contributed by atoms with E-state index in [1.165, 1.54) is 0 Å². The topological polar surface area (TPSA) is 22.0 Å². The SMILES string of the molecule is CC1=Cc2cccn2C1=O. The third-order valence-corrected chi connectivity index (χ3v) is 1.70. The fourth-order valence-corrected chi connectivity index (χ4v) is 1.17. The average molecular weight is 133 g/mol. The Morgan fingerprint density at radius 1 is 1.50 bits per heavy atom. The molecule has 0 fully saturated rings. The molecule has 0 atom stereocenters. The predicted molar refractivity (Wildman–Crippen MR) is 38.7 cm³/mol. The predicted octanol–water partition coefficient (Wildman–Crippen LogP) is 1.55. The molecule has 10 heavy (non-hydrogen) atoms. The summed E-state index contributed by atoms with van der Waals surface area (Å²) >= 11 is 0. The number of allylic oxidation sites excluding steroid dienone is 1. The van der Waals surface area contributed by atoms with E-state index in [1.54, 1.807) is 10.8 Å². The maximum Gasteiger partial charge on any atom is 0.258 e. The van der Waals surface area contributed by atoms with Gasteiger partial charge in [0.15, 0.2) is 0 Å².